The third kappa shape index (κ3) is 3.43. The van der Waals surface area contributed by atoms with Crippen molar-refractivity contribution in [2.75, 3.05) is 38.6 Å². The van der Waals surface area contributed by atoms with Gasteiger partial charge in [0, 0.05) is 37.8 Å². The molecule has 0 radical (unpaired) electrons. The quantitative estimate of drug-likeness (QED) is 0.838. The van der Waals surface area contributed by atoms with Crippen molar-refractivity contribution in [2.45, 2.75) is 51.6 Å². The van der Waals surface area contributed by atoms with Gasteiger partial charge in [-0.1, -0.05) is 20.8 Å². The first-order valence-electron chi connectivity index (χ1n) is 10.2. The molecule has 28 heavy (non-hydrogen) atoms. The molecule has 0 spiro atoms. The number of nitrogens with zero attached hydrogens (tertiary/aromatic N) is 3. The van der Waals surface area contributed by atoms with E-state index in [1.165, 1.54) is 11.3 Å². The number of urea groups is 1. The van der Waals surface area contributed by atoms with Gasteiger partial charge in [0.15, 0.2) is 0 Å². The SMILES string of the molecule is CCCNC(=O)N(CCC)C(=O)Oc1ccc2c(c1)[C@]1(C)CCN(C)[C@@H]1N2C. The second kappa shape index (κ2) is 7.99. The Labute approximate surface area is 167 Å². The third-order valence-corrected chi connectivity index (χ3v) is 5.95. The molecule has 0 bridgehead atoms. The maximum Gasteiger partial charge on any atom is 0.423 e. The summed E-state index contributed by atoms with van der Waals surface area (Å²) in [5.74, 6) is 0.484. The Bertz CT molecular complexity index is 753. The summed E-state index contributed by atoms with van der Waals surface area (Å²) in [4.78, 5) is 30.8. The van der Waals surface area contributed by atoms with Crippen LogP contribution in [0.4, 0.5) is 15.3 Å². The predicted molar refractivity (Wildman–Crippen MR) is 110 cm³/mol. The lowest BCUT2D eigenvalue weighted by atomic mass is 9.81. The van der Waals surface area contributed by atoms with Gasteiger partial charge in [-0.3, -0.25) is 4.90 Å². The van der Waals surface area contributed by atoms with Gasteiger partial charge in [0.05, 0.1) is 6.17 Å². The normalized spacial score (nSPS) is 23.3. The first-order chi connectivity index (χ1) is 13.3. The minimum atomic E-state index is -0.632. The average Bonchev–Trinajstić information content (AvgIpc) is 3.09. The smallest absolute Gasteiger partial charge is 0.410 e. The van der Waals surface area contributed by atoms with E-state index in [1.807, 2.05) is 32.0 Å². The Kier molecular flexibility index (Phi) is 5.84. The lowest BCUT2D eigenvalue weighted by Crippen LogP contribution is -2.45. The molecule has 7 heteroatoms. The number of likely N-dealkylation sites (N-methyl/N-ethyl adjacent to an activating group) is 2. The zero-order chi connectivity index (χ0) is 20.5. The number of fused-ring (bicyclic) bond motifs is 3. The summed E-state index contributed by atoms with van der Waals surface area (Å²) in [6.45, 7) is 8.07. The molecule has 1 aromatic rings. The number of nitrogens with one attached hydrogen (secondary N) is 1. The Morgan fingerprint density at radius 3 is 2.71 bits per heavy atom. The number of carbonyl (C=O) groups is 2. The largest absolute Gasteiger partial charge is 0.423 e. The molecule has 3 amide bonds. The van der Waals surface area contributed by atoms with Crippen LogP contribution in [0, 0.1) is 0 Å². The van der Waals surface area contributed by atoms with Gasteiger partial charge < -0.3 is 15.0 Å². The summed E-state index contributed by atoms with van der Waals surface area (Å²) >= 11 is 0. The Morgan fingerprint density at radius 2 is 2.04 bits per heavy atom. The zero-order valence-corrected chi connectivity index (χ0v) is 17.6. The molecule has 1 aromatic carbocycles. The van der Waals surface area contributed by atoms with Crippen LogP contribution in [0.15, 0.2) is 18.2 Å². The maximum atomic E-state index is 12.7. The summed E-state index contributed by atoms with van der Waals surface area (Å²) in [6.07, 6.45) is 2.23. The molecule has 0 aliphatic carbocycles. The molecule has 2 atom stereocenters. The number of anilines is 1. The Balaban J connectivity index is 1.80. The van der Waals surface area contributed by atoms with Gasteiger partial charge in [0.1, 0.15) is 5.75 Å². The Hall–Kier alpha value is -2.28. The van der Waals surface area contributed by atoms with Crippen molar-refractivity contribution >= 4 is 17.8 Å². The van der Waals surface area contributed by atoms with Crippen molar-refractivity contribution in [3.63, 3.8) is 0 Å². The van der Waals surface area contributed by atoms with Crippen molar-refractivity contribution in [3.05, 3.63) is 23.8 Å². The van der Waals surface area contributed by atoms with Gasteiger partial charge in [-0.15, -0.1) is 0 Å². The first-order valence-corrected chi connectivity index (χ1v) is 10.2. The molecule has 1 saturated heterocycles. The van der Waals surface area contributed by atoms with Crippen LogP contribution in [0.5, 0.6) is 5.75 Å². The molecule has 0 unspecified atom stereocenters. The average molecular weight is 389 g/mol. The van der Waals surface area contributed by atoms with E-state index in [4.69, 9.17) is 4.74 Å². The monoisotopic (exact) mass is 388 g/mol. The van der Waals surface area contributed by atoms with Crippen molar-refractivity contribution in [3.8, 4) is 5.75 Å². The van der Waals surface area contributed by atoms with E-state index in [-0.39, 0.29) is 5.41 Å². The highest BCUT2D eigenvalue weighted by molar-refractivity contribution is 5.91. The standard InChI is InChI=1S/C21H32N4O3/c1-6-11-22-19(26)25(12-7-2)20(27)28-15-8-9-17-16(14-15)21(3)10-13-23(4)18(21)24(17)5/h8-9,14,18H,6-7,10-13H2,1-5H3,(H,22,26)/t18-,21+/m1/s1. The second-order valence-electron chi connectivity index (χ2n) is 8.06. The molecule has 2 heterocycles. The molecule has 1 N–H and O–H groups in total. The number of hydrogen-bond acceptors (Lipinski definition) is 5. The van der Waals surface area contributed by atoms with E-state index >= 15 is 0 Å². The molecule has 2 aliphatic rings. The fraction of sp³-hybridized carbons (Fsp3) is 0.619. The summed E-state index contributed by atoms with van der Waals surface area (Å²) in [6, 6.07) is 5.39. The summed E-state index contributed by atoms with van der Waals surface area (Å²) in [7, 11) is 4.26. The highest BCUT2D eigenvalue weighted by atomic mass is 16.6. The first kappa shape index (κ1) is 20.5. The second-order valence-corrected chi connectivity index (χ2v) is 8.06. The van der Waals surface area contributed by atoms with Crippen LogP contribution in [0.25, 0.3) is 0 Å². The highest BCUT2D eigenvalue weighted by Crippen LogP contribution is 2.51. The van der Waals surface area contributed by atoms with Gasteiger partial charge in [0.2, 0.25) is 0 Å². The van der Waals surface area contributed by atoms with Crippen LogP contribution in [-0.4, -0.2) is 61.8 Å². The summed E-state index contributed by atoms with van der Waals surface area (Å²) in [5.41, 5.74) is 2.38. The summed E-state index contributed by atoms with van der Waals surface area (Å²) in [5, 5.41) is 2.75. The number of carbonyl (C=O) groups excluding carboxylic acids is 2. The molecule has 0 saturated carbocycles. The number of benzene rings is 1. The fourth-order valence-corrected chi connectivity index (χ4v) is 4.60. The lowest BCUT2D eigenvalue weighted by molar-refractivity contribution is 0.153. The van der Waals surface area contributed by atoms with Crippen LogP contribution in [0.2, 0.25) is 0 Å². The van der Waals surface area contributed by atoms with Crippen LogP contribution < -0.4 is 15.0 Å². The highest BCUT2D eigenvalue weighted by Gasteiger charge is 2.52. The molecule has 2 aliphatic heterocycles. The summed E-state index contributed by atoms with van der Waals surface area (Å²) < 4.78 is 5.61. The number of hydrogen-bond donors (Lipinski definition) is 1. The van der Waals surface area contributed by atoms with Crippen LogP contribution in [0.1, 0.15) is 45.6 Å². The number of likely N-dealkylation sites (tertiary alicyclic amines) is 1. The topological polar surface area (TPSA) is 65.1 Å². The van der Waals surface area contributed by atoms with Crippen molar-refractivity contribution in [2.24, 2.45) is 0 Å². The lowest BCUT2D eigenvalue weighted by Gasteiger charge is -2.32. The number of ether oxygens (including phenoxy) is 1. The Morgan fingerprint density at radius 1 is 1.29 bits per heavy atom. The van der Waals surface area contributed by atoms with Gasteiger partial charge >= 0.3 is 12.1 Å². The van der Waals surface area contributed by atoms with E-state index in [0.29, 0.717) is 31.4 Å². The molecule has 3 rings (SSSR count). The zero-order valence-electron chi connectivity index (χ0n) is 17.6. The van der Waals surface area contributed by atoms with Crippen LogP contribution in [-0.2, 0) is 5.41 Å². The van der Waals surface area contributed by atoms with Crippen LogP contribution >= 0.6 is 0 Å². The minimum Gasteiger partial charge on any atom is -0.410 e. The minimum absolute atomic E-state index is 0.00283. The maximum absolute atomic E-state index is 12.7. The number of imide groups is 1. The number of amides is 3. The van der Waals surface area contributed by atoms with Crippen molar-refractivity contribution < 1.29 is 14.3 Å². The van der Waals surface area contributed by atoms with Gasteiger partial charge in [-0.05, 0) is 50.1 Å². The van der Waals surface area contributed by atoms with Crippen LogP contribution in [0.3, 0.4) is 0 Å². The van der Waals surface area contributed by atoms with E-state index < -0.39 is 12.1 Å². The molecule has 7 nitrogen and oxygen atoms in total. The van der Waals surface area contributed by atoms with E-state index in [9.17, 15) is 9.59 Å². The van der Waals surface area contributed by atoms with E-state index in [0.717, 1.165) is 24.3 Å². The van der Waals surface area contributed by atoms with E-state index in [1.54, 1.807) is 0 Å². The van der Waals surface area contributed by atoms with Crippen molar-refractivity contribution in [1.82, 2.24) is 15.1 Å². The molecule has 0 aromatic heterocycles. The molecule has 1 fully saturated rings. The van der Waals surface area contributed by atoms with Gasteiger partial charge in [0.25, 0.3) is 0 Å². The van der Waals surface area contributed by atoms with Gasteiger partial charge in [-0.25, -0.2) is 14.5 Å². The van der Waals surface area contributed by atoms with Gasteiger partial charge in [-0.2, -0.15) is 0 Å². The number of rotatable bonds is 5. The molecular formula is C21H32N4O3. The fourth-order valence-electron chi connectivity index (χ4n) is 4.60. The molecular weight excluding hydrogens is 356 g/mol. The van der Waals surface area contributed by atoms with Crippen molar-refractivity contribution in [1.29, 1.82) is 0 Å². The predicted octanol–water partition coefficient (Wildman–Crippen LogP) is 3.39. The van der Waals surface area contributed by atoms with E-state index in [2.05, 4.69) is 36.1 Å². The molecule has 154 valence electrons. The third-order valence-electron chi connectivity index (χ3n) is 5.95.